The highest BCUT2D eigenvalue weighted by Crippen LogP contribution is 2.33. The lowest BCUT2D eigenvalue weighted by Crippen LogP contribution is -2.36. The number of anilines is 2. The van der Waals surface area contributed by atoms with Crippen molar-refractivity contribution in [1.82, 2.24) is 9.97 Å². The van der Waals surface area contributed by atoms with Crippen molar-refractivity contribution in [3.63, 3.8) is 0 Å². The van der Waals surface area contributed by atoms with Crippen molar-refractivity contribution >= 4 is 33.3 Å². The van der Waals surface area contributed by atoms with Gasteiger partial charge in [-0.3, -0.25) is 9.59 Å². The van der Waals surface area contributed by atoms with Crippen molar-refractivity contribution in [2.75, 3.05) is 10.0 Å². The van der Waals surface area contributed by atoms with Gasteiger partial charge in [0.25, 0.3) is 15.9 Å². The molecule has 1 aromatic heterocycles. The molecule has 9 nitrogen and oxygen atoms in total. The minimum Gasteiger partial charge on any atom is -0.487 e. The molecule has 34 heavy (non-hydrogen) atoms. The molecule has 0 aliphatic carbocycles. The first kappa shape index (κ1) is 23.4. The molecule has 10 heteroatoms. The number of aromatic nitrogens is 2. The molecule has 3 aromatic rings. The molecule has 176 valence electrons. The number of fused-ring (bicyclic) bond motifs is 1. The Morgan fingerprint density at radius 3 is 2.29 bits per heavy atom. The Balaban J connectivity index is 1.48. The van der Waals surface area contributed by atoms with Gasteiger partial charge in [0, 0.05) is 22.6 Å². The molecular formula is C24H24N4O5S. The number of rotatable bonds is 5. The summed E-state index contributed by atoms with van der Waals surface area (Å²) in [6.07, 6.45) is 0.224. The number of nitrogens with one attached hydrogen (secondary N) is 2. The number of Topliss-reactive ketones (excluding diaryl/α,β-unsaturated/α-hetero) is 1. The zero-order valence-corrected chi connectivity index (χ0v) is 20.0. The second-order valence-corrected chi connectivity index (χ2v) is 10.4. The average Bonchev–Trinajstić information content (AvgIpc) is 2.72. The number of benzene rings is 2. The molecule has 0 bridgehead atoms. The molecule has 0 saturated heterocycles. The summed E-state index contributed by atoms with van der Waals surface area (Å²) in [5.41, 5.74) is 1.75. The van der Waals surface area contributed by atoms with Crippen LogP contribution in [-0.2, 0) is 10.0 Å². The molecule has 2 N–H and O–H groups in total. The van der Waals surface area contributed by atoms with E-state index in [0.717, 1.165) is 0 Å². The van der Waals surface area contributed by atoms with E-state index in [1.165, 1.54) is 30.3 Å². The van der Waals surface area contributed by atoms with Gasteiger partial charge < -0.3 is 10.1 Å². The van der Waals surface area contributed by atoms with Gasteiger partial charge in [-0.2, -0.15) is 0 Å². The lowest BCUT2D eigenvalue weighted by atomic mass is 9.92. The van der Waals surface area contributed by atoms with Crippen molar-refractivity contribution in [2.24, 2.45) is 0 Å². The molecule has 1 amide bonds. The van der Waals surface area contributed by atoms with Gasteiger partial charge in [-0.1, -0.05) is 0 Å². The van der Waals surface area contributed by atoms with E-state index in [2.05, 4.69) is 20.0 Å². The first-order valence-electron chi connectivity index (χ1n) is 10.5. The van der Waals surface area contributed by atoms with Crippen LogP contribution in [0.5, 0.6) is 5.75 Å². The fourth-order valence-corrected chi connectivity index (χ4v) is 4.61. The molecule has 2 heterocycles. The van der Waals surface area contributed by atoms with Crippen LogP contribution in [-0.4, -0.2) is 35.7 Å². The second kappa shape index (κ2) is 8.53. The summed E-state index contributed by atoms with van der Waals surface area (Å²) in [4.78, 5) is 33.3. The maximum atomic E-state index is 12.7. The summed E-state index contributed by atoms with van der Waals surface area (Å²) in [7, 11) is -3.91. The van der Waals surface area contributed by atoms with Crippen LogP contribution in [0.1, 0.15) is 52.4 Å². The van der Waals surface area contributed by atoms with Gasteiger partial charge >= 0.3 is 0 Å². The van der Waals surface area contributed by atoms with Crippen molar-refractivity contribution < 1.29 is 22.7 Å². The van der Waals surface area contributed by atoms with E-state index < -0.39 is 21.5 Å². The van der Waals surface area contributed by atoms with Gasteiger partial charge in [-0.05, 0) is 76.2 Å². The van der Waals surface area contributed by atoms with Gasteiger partial charge in [0.2, 0.25) is 5.95 Å². The molecule has 0 radical (unpaired) electrons. The van der Waals surface area contributed by atoms with E-state index in [4.69, 9.17) is 4.74 Å². The van der Waals surface area contributed by atoms with Crippen LogP contribution in [0.4, 0.5) is 11.6 Å². The molecule has 2 aromatic carbocycles. The van der Waals surface area contributed by atoms with E-state index >= 15 is 0 Å². The number of carbonyl (C=O) groups excluding carboxylic acids is 2. The Hall–Kier alpha value is -3.79. The van der Waals surface area contributed by atoms with Crippen molar-refractivity contribution in [1.29, 1.82) is 0 Å². The zero-order chi connectivity index (χ0) is 24.7. The van der Waals surface area contributed by atoms with Crippen LogP contribution in [0.3, 0.4) is 0 Å². The number of nitrogens with zero attached hydrogens (tertiary/aromatic N) is 2. The Morgan fingerprint density at radius 2 is 1.65 bits per heavy atom. The van der Waals surface area contributed by atoms with E-state index in [-0.39, 0.29) is 23.0 Å². The highest BCUT2D eigenvalue weighted by atomic mass is 32.2. The highest BCUT2D eigenvalue weighted by molar-refractivity contribution is 7.92. The number of hydrogen-bond donors (Lipinski definition) is 2. The smallest absolute Gasteiger partial charge is 0.264 e. The average molecular weight is 481 g/mol. The first-order chi connectivity index (χ1) is 15.9. The molecule has 1 aliphatic rings. The summed E-state index contributed by atoms with van der Waals surface area (Å²) in [6.45, 7) is 7.16. The predicted octanol–water partition coefficient (Wildman–Crippen LogP) is 3.89. The highest BCUT2D eigenvalue weighted by Gasteiger charge is 2.32. The summed E-state index contributed by atoms with van der Waals surface area (Å²) in [5.74, 6) is -0.0783. The molecule has 0 saturated carbocycles. The van der Waals surface area contributed by atoms with Crippen LogP contribution in [0.15, 0.2) is 53.4 Å². The van der Waals surface area contributed by atoms with Crippen LogP contribution in [0, 0.1) is 13.8 Å². The molecular weight excluding hydrogens is 456 g/mol. The minimum absolute atomic E-state index is 0.00704. The Labute approximate surface area is 197 Å². The monoisotopic (exact) mass is 480 g/mol. The van der Waals surface area contributed by atoms with Crippen molar-refractivity contribution in [2.45, 2.75) is 44.6 Å². The van der Waals surface area contributed by atoms with Crippen LogP contribution >= 0.6 is 0 Å². The number of sulfonamides is 1. The summed E-state index contributed by atoms with van der Waals surface area (Å²) >= 11 is 0. The second-order valence-electron chi connectivity index (χ2n) is 8.73. The van der Waals surface area contributed by atoms with E-state index in [9.17, 15) is 18.0 Å². The fraction of sp³-hybridized carbons (Fsp3) is 0.250. The fourth-order valence-electron chi connectivity index (χ4n) is 3.67. The number of aryl methyl sites for hydroxylation is 2. The van der Waals surface area contributed by atoms with Crippen LogP contribution < -0.4 is 14.8 Å². The van der Waals surface area contributed by atoms with E-state index in [1.807, 2.05) is 13.8 Å². The topological polar surface area (TPSA) is 127 Å². The maximum Gasteiger partial charge on any atom is 0.264 e. The third kappa shape index (κ3) is 5.07. The van der Waals surface area contributed by atoms with Gasteiger partial charge in [-0.15, -0.1) is 0 Å². The zero-order valence-electron chi connectivity index (χ0n) is 19.2. The number of hydrogen-bond acceptors (Lipinski definition) is 7. The van der Waals surface area contributed by atoms with E-state index in [1.54, 1.807) is 32.0 Å². The SMILES string of the molecule is Cc1cc(C)nc(NS(=O)(=O)c2ccc(NC(=O)c3ccc4c(c3)C(=O)CC(C)(C)O4)cc2)n1. The summed E-state index contributed by atoms with van der Waals surface area (Å²) in [6, 6.07) is 12.1. The quantitative estimate of drug-likeness (QED) is 0.567. The normalized spacial score (nSPS) is 14.6. The summed E-state index contributed by atoms with van der Waals surface area (Å²) < 4.78 is 33.5. The first-order valence-corrected chi connectivity index (χ1v) is 12.0. The minimum atomic E-state index is -3.91. The van der Waals surface area contributed by atoms with Crippen LogP contribution in [0.25, 0.3) is 0 Å². The van der Waals surface area contributed by atoms with Crippen molar-refractivity contribution in [3.05, 3.63) is 71.0 Å². The lowest BCUT2D eigenvalue weighted by molar-refractivity contribution is 0.0620. The predicted molar refractivity (Wildman–Crippen MR) is 127 cm³/mol. The maximum absolute atomic E-state index is 12.7. The molecule has 0 unspecified atom stereocenters. The third-order valence-corrected chi connectivity index (χ3v) is 6.49. The number of ether oxygens (including phenoxy) is 1. The van der Waals surface area contributed by atoms with Gasteiger partial charge in [-0.25, -0.2) is 23.1 Å². The molecule has 0 fully saturated rings. The molecule has 0 spiro atoms. The standard InChI is InChI=1S/C24H24N4O5S/c1-14-11-15(2)26-23(25-14)28-34(31,32)18-8-6-17(7-9-18)27-22(30)16-5-10-21-19(12-16)20(29)13-24(3,4)33-21/h5-12H,13H2,1-4H3,(H,27,30)(H,25,26,28). The molecule has 4 rings (SSSR count). The number of ketones is 1. The number of carbonyl (C=O) groups is 2. The van der Waals surface area contributed by atoms with Crippen molar-refractivity contribution in [3.8, 4) is 5.75 Å². The Morgan fingerprint density at radius 1 is 1.00 bits per heavy atom. The van der Waals surface area contributed by atoms with Gasteiger partial charge in [0.1, 0.15) is 11.4 Å². The lowest BCUT2D eigenvalue weighted by Gasteiger charge is -2.31. The van der Waals surface area contributed by atoms with Gasteiger partial charge in [0.15, 0.2) is 5.78 Å². The Kier molecular flexibility index (Phi) is 5.86. The third-order valence-electron chi connectivity index (χ3n) is 5.15. The Bertz CT molecular complexity index is 1380. The molecule has 0 atom stereocenters. The molecule has 1 aliphatic heterocycles. The number of amides is 1. The largest absolute Gasteiger partial charge is 0.487 e. The van der Waals surface area contributed by atoms with Crippen LogP contribution in [0.2, 0.25) is 0 Å². The summed E-state index contributed by atoms with van der Waals surface area (Å²) in [5, 5.41) is 2.71. The van der Waals surface area contributed by atoms with E-state index in [0.29, 0.717) is 34.0 Å². The van der Waals surface area contributed by atoms with Gasteiger partial charge in [0.05, 0.1) is 16.9 Å².